The minimum atomic E-state index is -0.291. The molecule has 0 radical (unpaired) electrons. The number of carbonyl (C=O) groups is 1. The first-order valence-electron chi connectivity index (χ1n) is 7.09. The van der Waals surface area contributed by atoms with Crippen LogP contribution in [-0.4, -0.2) is 17.9 Å². The third-order valence-corrected chi connectivity index (χ3v) is 3.63. The van der Waals surface area contributed by atoms with E-state index in [4.69, 9.17) is 4.74 Å². The maximum absolute atomic E-state index is 12.6. The third kappa shape index (κ3) is 2.85. The summed E-state index contributed by atoms with van der Waals surface area (Å²) in [5, 5.41) is 10.2. The predicted molar refractivity (Wildman–Crippen MR) is 89.2 cm³/mol. The van der Waals surface area contributed by atoms with Gasteiger partial charge in [0.15, 0.2) is 0 Å². The van der Waals surface area contributed by atoms with E-state index in [1.165, 1.54) is 0 Å². The zero-order valence-electron chi connectivity index (χ0n) is 12.5. The zero-order valence-corrected chi connectivity index (χ0v) is 12.5. The Morgan fingerprint density at radius 2 is 1.91 bits per heavy atom. The average molecular weight is 302 g/mol. The van der Waals surface area contributed by atoms with Gasteiger partial charge in [-0.25, -0.2) is 0 Å². The zero-order chi connectivity index (χ0) is 16.2. The summed E-state index contributed by atoms with van der Waals surface area (Å²) in [4.78, 5) is 15.7. The highest BCUT2D eigenvalue weighted by molar-refractivity contribution is 6.19. The highest BCUT2D eigenvalue weighted by Crippen LogP contribution is 2.22. The second kappa shape index (κ2) is 6.20. The number of benzene rings is 2. The summed E-state index contributed by atoms with van der Waals surface area (Å²) < 4.78 is 5.10. The Labute approximate surface area is 133 Å². The van der Waals surface area contributed by atoms with Gasteiger partial charge in [0.1, 0.15) is 17.4 Å². The van der Waals surface area contributed by atoms with Gasteiger partial charge < -0.3 is 9.72 Å². The van der Waals surface area contributed by atoms with Crippen molar-refractivity contribution in [2.75, 3.05) is 7.11 Å². The number of methoxy groups -OCH3 is 1. The molecule has 4 heteroatoms. The number of hydrogen-bond donors (Lipinski definition) is 1. The molecule has 0 aliphatic heterocycles. The summed E-state index contributed by atoms with van der Waals surface area (Å²) in [5.74, 6) is 0.435. The first-order chi connectivity index (χ1) is 11.2. The molecule has 0 aliphatic carbocycles. The molecule has 0 unspecified atom stereocenters. The lowest BCUT2D eigenvalue weighted by atomic mass is 10.0. The lowest BCUT2D eigenvalue weighted by Crippen LogP contribution is -2.01. The lowest BCUT2D eigenvalue weighted by molar-refractivity contribution is 0.104. The van der Waals surface area contributed by atoms with Gasteiger partial charge in [-0.05, 0) is 29.8 Å². The third-order valence-electron chi connectivity index (χ3n) is 3.63. The Bertz CT molecular complexity index is 928. The van der Waals surface area contributed by atoms with Crippen molar-refractivity contribution in [2.45, 2.75) is 0 Å². The molecule has 3 aromatic rings. The van der Waals surface area contributed by atoms with E-state index in [-0.39, 0.29) is 11.4 Å². The standard InChI is InChI=1S/C19H14N2O2/c1-23-15-8-6-13(7-9-15)10-14(11-20)19(22)17-12-21-18-5-3-2-4-16(17)18/h2-10,12,21H,1H3/b14-10+. The number of carbonyl (C=O) groups excluding carboxylic acids is 1. The highest BCUT2D eigenvalue weighted by Gasteiger charge is 2.16. The van der Waals surface area contributed by atoms with Gasteiger partial charge in [0.05, 0.1) is 7.11 Å². The van der Waals surface area contributed by atoms with Crippen LogP contribution in [0.2, 0.25) is 0 Å². The number of nitriles is 1. The Morgan fingerprint density at radius 3 is 2.61 bits per heavy atom. The Morgan fingerprint density at radius 1 is 1.17 bits per heavy atom. The van der Waals surface area contributed by atoms with Crippen LogP contribution in [0.25, 0.3) is 17.0 Å². The van der Waals surface area contributed by atoms with Crippen LogP contribution in [0.4, 0.5) is 0 Å². The van der Waals surface area contributed by atoms with Gasteiger partial charge in [0, 0.05) is 22.7 Å². The van der Waals surface area contributed by atoms with Gasteiger partial charge >= 0.3 is 0 Å². The molecule has 0 atom stereocenters. The molecule has 0 fully saturated rings. The van der Waals surface area contributed by atoms with E-state index in [9.17, 15) is 10.1 Å². The van der Waals surface area contributed by atoms with Crippen LogP contribution in [0.3, 0.4) is 0 Å². The van der Waals surface area contributed by atoms with Gasteiger partial charge in [0.2, 0.25) is 5.78 Å². The molecule has 1 aromatic heterocycles. The molecule has 4 nitrogen and oxygen atoms in total. The number of H-pyrrole nitrogens is 1. The van der Waals surface area contributed by atoms with E-state index in [0.717, 1.165) is 22.2 Å². The summed E-state index contributed by atoms with van der Waals surface area (Å²) in [6.45, 7) is 0. The summed E-state index contributed by atoms with van der Waals surface area (Å²) in [6, 6.07) is 16.7. The quantitative estimate of drug-likeness (QED) is 0.450. The summed E-state index contributed by atoms with van der Waals surface area (Å²) in [7, 11) is 1.59. The summed E-state index contributed by atoms with van der Waals surface area (Å²) >= 11 is 0. The normalized spacial score (nSPS) is 11.2. The number of para-hydroxylation sites is 1. The molecule has 0 amide bonds. The number of rotatable bonds is 4. The second-order valence-corrected chi connectivity index (χ2v) is 5.02. The van der Waals surface area contributed by atoms with Crippen LogP contribution in [-0.2, 0) is 0 Å². The largest absolute Gasteiger partial charge is 0.497 e. The number of nitrogens with zero attached hydrogens (tertiary/aromatic N) is 1. The lowest BCUT2D eigenvalue weighted by Gasteiger charge is -2.01. The van der Waals surface area contributed by atoms with E-state index in [1.807, 2.05) is 30.3 Å². The topological polar surface area (TPSA) is 65.9 Å². The van der Waals surface area contributed by atoms with Crippen molar-refractivity contribution in [3.63, 3.8) is 0 Å². The van der Waals surface area contributed by atoms with Crippen LogP contribution in [0.5, 0.6) is 5.75 Å². The second-order valence-electron chi connectivity index (χ2n) is 5.02. The maximum Gasteiger partial charge on any atom is 0.205 e. The van der Waals surface area contributed by atoms with E-state index in [2.05, 4.69) is 4.98 Å². The van der Waals surface area contributed by atoms with Crippen molar-refractivity contribution in [1.29, 1.82) is 5.26 Å². The number of aromatic nitrogens is 1. The fraction of sp³-hybridized carbons (Fsp3) is 0.0526. The van der Waals surface area contributed by atoms with Gasteiger partial charge in [0.25, 0.3) is 0 Å². The molecule has 23 heavy (non-hydrogen) atoms. The molecule has 3 rings (SSSR count). The average Bonchev–Trinajstić information content (AvgIpc) is 3.03. The monoisotopic (exact) mass is 302 g/mol. The molecule has 0 saturated heterocycles. The van der Waals surface area contributed by atoms with Crippen LogP contribution in [0, 0.1) is 11.3 Å². The number of hydrogen-bond acceptors (Lipinski definition) is 3. The number of ether oxygens (including phenoxy) is 1. The number of fused-ring (bicyclic) bond motifs is 1. The molecule has 1 heterocycles. The van der Waals surface area contributed by atoms with E-state index in [1.54, 1.807) is 43.6 Å². The number of ketones is 1. The van der Waals surface area contributed by atoms with E-state index >= 15 is 0 Å². The Balaban J connectivity index is 1.98. The van der Waals surface area contributed by atoms with Gasteiger partial charge in [-0.2, -0.15) is 5.26 Å². The van der Waals surface area contributed by atoms with Crippen molar-refractivity contribution >= 4 is 22.8 Å². The molecule has 0 saturated carbocycles. The summed E-state index contributed by atoms with van der Waals surface area (Å²) in [5.41, 5.74) is 2.25. The fourth-order valence-corrected chi connectivity index (χ4v) is 2.42. The van der Waals surface area contributed by atoms with Crippen molar-refractivity contribution < 1.29 is 9.53 Å². The Hall–Kier alpha value is -3.32. The Kier molecular flexibility index (Phi) is 3.94. The predicted octanol–water partition coefficient (Wildman–Crippen LogP) is 3.97. The maximum atomic E-state index is 12.6. The van der Waals surface area contributed by atoms with Crippen LogP contribution in [0.15, 0.2) is 60.3 Å². The van der Waals surface area contributed by atoms with Crippen molar-refractivity contribution in [1.82, 2.24) is 4.98 Å². The number of nitrogens with one attached hydrogen (secondary N) is 1. The molecular weight excluding hydrogens is 288 g/mol. The molecule has 0 spiro atoms. The van der Waals surface area contributed by atoms with Gasteiger partial charge in [-0.15, -0.1) is 0 Å². The van der Waals surface area contributed by atoms with E-state index in [0.29, 0.717) is 5.56 Å². The molecule has 2 aromatic carbocycles. The molecule has 0 aliphatic rings. The number of allylic oxidation sites excluding steroid dienone is 1. The molecular formula is C19H14N2O2. The van der Waals surface area contributed by atoms with Crippen LogP contribution in [0.1, 0.15) is 15.9 Å². The number of aromatic amines is 1. The minimum Gasteiger partial charge on any atom is -0.497 e. The molecule has 1 N–H and O–H groups in total. The molecule has 112 valence electrons. The number of Topliss-reactive ketones (excluding diaryl/α,β-unsaturated/α-hetero) is 1. The van der Waals surface area contributed by atoms with Gasteiger partial charge in [-0.1, -0.05) is 30.3 Å². The SMILES string of the molecule is COc1ccc(/C=C(\C#N)C(=O)c2c[nH]c3ccccc23)cc1. The first-order valence-corrected chi connectivity index (χ1v) is 7.09. The van der Waals surface area contributed by atoms with Gasteiger partial charge in [-0.3, -0.25) is 4.79 Å². The summed E-state index contributed by atoms with van der Waals surface area (Å²) in [6.07, 6.45) is 3.23. The van der Waals surface area contributed by atoms with Crippen LogP contribution < -0.4 is 4.74 Å². The minimum absolute atomic E-state index is 0.0971. The smallest absolute Gasteiger partial charge is 0.205 e. The van der Waals surface area contributed by atoms with Crippen LogP contribution >= 0.6 is 0 Å². The van der Waals surface area contributed by atoms with Crippen molar-refractivity contribution in [3.8, 4) is 11.8 Å². The highest BCUT2D eigenvalue weighted by atomic mass is 16.5. The van der Waals surface area contributed by atoms with Crippen molar-refractivity contribution in [2.24, 2.45) is 0 Å². The van der Waals surface area contributed by atoms with E-state index < -0.39 is 0 Å². The molecule has 0 bridgehead atoms. The first kappa shape index (κ1) is 14.6. The fourth-order valence-electron chi connectivity index (χ4n) is 2.42. The van der Waals surface area contributed by atoms with Crippen molar-refractivity contribution in [3.05, 3.63) is 71.4 Å².